The molecule has 0 saturated heterocycles. The van der Waals surface area contributed by atoms with Crippen LogP contribution in [0.2, 0.25) is 0 Å². The Hall–Kier alpha value is -0.920. The molecule has 18 heavy (non-hydrogen) atoms. The zero-order valence-electron chi connectivity index (χ0n) is 9.97. The van der Waals surface area contributed by atoms with Gasteiger partial charge in [0.1, 0.15) is 0 Å². The monoisotopic (exact) mass is 335 g/mol. The molecule has 0 fully saturated rings. The minimum atomic E-state index is -3.69. The first-order chi connectivity index (χ1) is 8.22. The van der Waals surface area contributed by atoms with Gasteiger partial charge in [-0.15, -0.1) is 0 Å². The Balaban J connectivity index is 3.27. The number of hydrogen-bond donors (Lipinski definition) is 2. The van der Waals surface area contributed by atoms with Gasteiger partial charge in [-0.05, 0) is 37.6 Å². The Kier molecular flexibility index (Phi) is 4.89. The summed E-state index contributed by atoms with van der Waals surface area (Å²) in [5, 5.41) is 8.80. The van der Waals surface area contributed by atoms with Crippen molar-refractivity contribution in [3.05, 3.63) is 28.2 Å². The maximum atomic E-state index is 12.0. The lowest BCUT2D eigenvalue weighted by Crippen LogP contribution is -2.31. The van der Waals surface area contributed by atoms with Crippen molar-refractivity contribution in [3.63, 3.8) is 0 Å². The Morgan fingerprint density at radius 3 is 2.56 bits per heavy atom. The normalized spacial score (nSPS) is 11.8. The van der Waals surface area contributed by atoms with E-state index in [0.717, 1.165) is 0 Å². The maximum absolute atomic E-state index is 12.0. The number of sulfonamides is 1. The summed E-state index contributed by atoms with van der Waals surface area (Å²) < 4.78 is 27.1. The molecule has 5 nitrogen and oxygen atoms in total. The predicted octanol–water partition coefficient (Wildman–Crippen LogP) is 1.76. The molecule has 1 aromatic rings. The third-order valence-corrected chi connectivity index (χ3v) is 4.30. The molecule has 0 amide bonds. The summed E-state index contributed by atoms with van der Waals surface area (Å²) >= 11 is 3.20. The van der Waals surface area contributed by atoms with Gasteiger partial charge in [-0.1, -0.05) is 15.9 Å². The van der Waals surface area contributed by atoms with Gasteiger partial charge in [0.2, 0.25) is 10.0 Å². The summed E-state index contributed by atoms with van der Waals surface area (Å²) in [6, 6.07) is 4.22. The average molecular weight is 336 g/mol. The van der Waals surface area contributed by atoms with Crippen molar-refractivity contribution < 1.29 is 18.3 Å². The van der Waals surface area contributed by atoms with Crippen LogP contribution in [0.5, 0.6) is 0 Å². The highest BCUT2D eigenvalue weighted by Gasteiger charge is 2.20. The standard InChI is InChI=1S/C11H14BrNO4S/c1-7(2)13-18(16,17)10-4-3-9(12)5-8(10)6-11(14)15/h3-5,7,13H,6H2,1-2H3,(H,14,15). The number of carboxylic acid groups (broad SMARTS) is 1. The zero-order chi connectivity index (χ0) is 13.9. The Morgan fingerprint density at radius 1 is 1.44 bits per heavy atom. The second-order valence-corrected chi connectivity index (χ2v) is 6.70. The minimum absolute atomic E-state index is 0.00167. The highest BCUT2D eigenvalue weighted by molar-refractivity contribution is 9.10. The van der Waals surface area contributed by atoms with Crippen LogP contribution in [0.1, 0.15) is 19.4 Å². The van der Waals surface area contributed by atoms with Gasteiger partial charge in [0, 0.05) is 10.5 Å². The molecule has 1 rings (SSSR count). The predicted molar refractivity (Wildman–Crippen MR) is 70.9 cm³/mol. The second-order valence-electron chi connectivity index (χ2n) is 4.10. The van der Waals surface area contributed by atoms with Crippen LogP contribution in [0.4, 0.5) is 0 Å². The van der Waals surface area contributed by atoms with E-state index in [1.807, 2.05) is 0 Å². The van der Waals surface area contributed by atoms with Crippen molar-refractivity contribution in [2.45, 2.75) is 31.2 Å². The van der Waals surface area contributed by atoms with Crippen LogP contribution in [0, 0.1) is 0 Å². The highest BCUT2D eigenvalue weighted by atomic mass is 79.9. The minimum Gasteiger partial charge on any atom is -0.481 e. The van der Waals surface area contributed by atoms with Crippen LogP contribution < -0.4 is 4.72 Å². The van der Waals surface area contributed by atoms with Gasteiger partial charge < -0.3 is 5.11 Å². The van der Waals surface area contributed by atoms with Gasteiger partial charge in [0.15, 0.2) is 0 Å². The van der Waals surface area contributed by atoms with E-state index in [4.69, 9.17) is 5.11 Å². The summed E-state index contributed by atoms with van der Waals surface area (Å²) in [6.07, 6.45) is -0.340. The largest absolute Gasteiger partial charge is 0.481 e. The van der Waals surface area contributed by atoms with Crippen LogP contribution in [0.15, 0.2) is 27.6 Å². The summed E-state index contributed by atoms with van der Waals surface area (Å²) in [7, 11) is -3.69. The quantitative estimate of drug-likeness (QED) is 0.858. The van der Waals surface area contributed by atoms with Crippen molar-refractivity contribution >= 4 is 31.9 Å². The summed E-state index contributed by atoms with van der Waals surface area (Å²) in [5.74, 6) is -1.07. The molecule has 1 aromatic carbocycles. The molecule has 0 aliphatic carbocycles. The Labute approximate surface area is 114 Å². The van der Waals surface area contributed by atoms with Crippen molar-refractivity contribution in [1.82, 2.24) is 4.72 Å². The van der Waals surface area contributed by atoms with E-state index in [1.54, 1.807) is 19.9 Å². The molecule has 0 bridgehead atoms. The fraction of sp³-hybridized carbons (Fsp3) is 0.364. The number of carbonyl (C=O) groups is 1. The molecule has 0 aliphatic heterocycles. The van der Waals surface area contributed by atoms with E-state index < -0.39 is 16.0 Å². The summed E-state index contributed by atoms with van der Waals surface area (Å²) in [5.41, 5.74) is 0.255. The number of benzene rings is 1. The first-order valence-corrected chi connectivity index (χ1v) is 7.52. The number of carboxylic acids is 1. The number of rotatable bonds is 5. The molecule has 0 atom stereocenters. The molecular formula is C11H14BrNO4S. The SMILES string of the molecule is CC(C)NS(=O)(=O)c1ccc(Br)cc1CC(=O)O. The zero-order valence-corrected chi connectivity index (χ0v) is 12.4. The Bertz CT molecular complexity index is 554. The summed E-state index contributed by atoms with van der Waals surface area (Å²) in [6.45, 7) is 3.40. The van der Waals surface area contributed by atoms with Crippen LogP contribution in [-0.4, -0.2) is 25.5 Å². The third-order valence-electron chi connectivity index (χ3n) is 2.04. The van der Waals surface area contributed by atoms with E-state index in [1.165, 1.54) is 12.1 Å². The highest BCUT2D eigenvalue weighted by Crippen LogP contribution is 2.21. The van der Waals surface area contributed by atoms with Gasteiger partial charge in [-0.25, -0.2) is 13.1 Å². The van der Waals surface area contributed by atoms with E-state index in [2.05, 4.69) is 20.7 Å². The average Bonchev–Trinajstić information content (AvgIpc) is 2.13. The maximum Gasteiger partial charge on any atom is 0.307 e. The van der Waals surface area contributed by atoms with Crippen LogP contribution in [-0.2, 0) is 21.2 Å². The van der Waals surface area contributed by atoms with Crippen LogP contribution in [0.25, 0.3) is 0 Å². The van der Waals surface area contributed by atoms with Crippen LogP contribution >= 0.6 is 15.9 Å². The lowest BCUT2D eigenvalue weighted by molar-refractivity contribution is -0.136. The molecule has 7 heteroatoms. The number of halogens is 1. The topological polar surface area (TPSA) is 83.5 Å². The fourth-order valence-electron chi connectivity index (χ4n) is 1.49. The Morgan fingerprint density at radius 2 is 2.06 bits per heavy atom. The lowest BCUT2D eigenvalue weighted by atomic mass is 10.1. The number of aliphatic carboxylic acids is 1. The van der Waals surface area contributed by atoms with Gasteiger partial charge in [-0.2, -0.15) is 0 Å². The van der Waals surface area contributed by atoms with E-state index in [0.29, 0.717) is 4.47 Å². The second kappa shape index (κ2) is 5.81. The molecule has 100 valence electrons. The first-order valence-electron chi connectivity index (χ1n) is 5.25. The van der Waals surface area contributed by atoms with Crippen molar-refractivity contribution in [1.29, 1.82) is 0 Å². The van der Waals surface area contributed by atoms with Gasteiger partial charge >= 0.3 is 5.97 Å². The molecule has 0 aliphatic rings. The molecule has 0 radical (unpaired) electrons. The smallest absolute Gasteiger partial charge is 0.307 e. The molecule has 0 aromatic heterocycles. The van der Waals surface area contributed by atoms with E-state index >= 15 is 0 Å². The van der Waals surface area contributed by atoms with Gasteiger partial charge in [-0.3, -0.25) is 4.79 Å². The van der Waals surface area contributed by atoms with Crippen LogP contribution in [0.3, 0.4) is 0 Å². The molecule has 0 unspecified atom stereocenters. The fourth-order valence-corrected chi connectivity index (χ4v) is 3.36. The van der Waals surface area contributed by atoms with E-state index in [9.17, 15) is 13.2 Å². The molecule has 0 saturated carbocycles. The molecule has 0 heterocycles. The number of hydrogen-bond acceptors (Lipinski definition) is 3. The van der Waals surface area contributed by atoms with E-state index in [-0.39, 0.29) is 22.9 Å². The molecule has 0 spiro atoms. The van der Waals surface area contributed by atoms with Crippen molar-refractivity contribution in [3.8, 4) is 0 Å². The van der Waals surface area contributed by atoms with Gasteiger partial charge in [0.05, 0.1) is 11.3 Å². The lowest BCUT2D eigenvalue weighted by Gasteiger charge is -2.13. The summed E-state index contributed by atoms with van der Waals surface area (Å²) in [4.78, 5) is 10.8. The van der Waals surface area contributed by atoms with Crippen molar-refractivity contribution in [2.24, 2.45) is 0 Å². The van der Waals surface area contributed by atoms with Gasteiger partial charge in [0.25, 0.3) is 0 Å². The number of nitrogens with one attached hydrogen (secondary N) is 1. The third kappa shape index (κ3) is 4.08. The first kappa shape index (κ1) is 15.1. The molecule has 2 N–H and O–H groups in total. The van der Waals surface area contributed by atoms with Crippen molar-refractivity contribution in [2.75, 3.05) is 0 Å². The molecular weight excluding hydrogens is 322 g/mol.